The van der Waals surface area contributed by atoms with Gasteiger partial charge in [-0.2, -0.15) is 0 Å². The molecule has 0 aliphatic carbocycles. The van der Waals surface area contributed by atoms with Crippen LogP contribution in [0.4, 0.5) is 4.79 Å². The number of urea groups is 1. The average Bonchev–Trinajstić information content (AvgIpc) is 3.07. The Labute approximate surface area is 263 Å². The first-order valence-corrected chi connectivity index (χ1v) is 17.0. The van der Waals surface area contributed by atoms with Crippen molar-refractivity contribution in [2.75, 3.05) is 0 Å². The summed E-state index contributed by atoms with van der Waals surface area (Å²) in [6, 6.07) is 48.0. The topological polar surface area (TPSA) is 64.0 Å². The lowest BCUT2D eigenvalue weighted by atomic mass is 10.1. The zero-order chi connectivity index (χ0) is 30.8. The predicted octanol–water partition coefficient (Wildman–Crippen LogP) is 8.20. The van der Waals surface area contributed by atoms with Crippen LogP contribution in [-0.4, -0.2) is 36.8 Å². The molecule has 1 aliphatic rings. The molecule has 0 radical (unpaired) electrons. The van der Waals surface area contributed by atoms with E-state index in [1.165, 1.54) is 0 Å². The van der Waals surface area contributed by atoms with E-state index >= 15 is 0 Å². The van der Waals surface area contributed by atoms with E-state index in [9.17, 15) is 14.6 Å². The molecule has 0 aromatic heterocycles. The highest BCUT2D eigenvalue weighted by Crippen LogP contribution is 2.53. The van der Waals surface area contributed by atoms with Crippen molar-refractivity contribution >= 4 is 40.3 Å². The maximum absolute atomic E-state index is 14.8. The summed E-state index contributed by atoms with van der Waals surface area (Å²) >= 11 is 0. The van der Waals surface area contributed by atoms with Crippen LogP contribution in [0.1, 0.15) is 22.3 Å². The Morgan fingerprint density at radius 1 is 0.533 bits per heavy atom. The summed E-state index contributed by atoms with van der Waals surface area (Å²) in [5, 5.41) is 4.40. The van der Waals surface area contributed by atoms with Gasteiger partial charge >= 0.3 is 6.03 Å². The van der Waals surface area contributed by atoms with E-state index in [4.69, 9.17) is 0 Å². The van der Waals surface area contributed by atoms with Gasteiger partial charge in [0.25, 0.3) is 0 Å². The molecule has 1 aliphatic heterocycles. The smallest absolute Gasteiger partial charge is 0.325 e. The number of rotatable bonds is 8. The number of hydrogen-bond acceptors (Lipinski definition) is 3. The van der Waals surface area contributed by atoms with Gasteiger partial charge in [0.2, 0.25) is 0 Å². The lowest BCUT2D eigenvalue weighted by molar-refractivity contribution is 0.154. The number of carbonyl (C=O) groups excluding carboxylic acids is 1. The minimum Gasteiger partial charge on any atom is -0.350 e. The summed E-state index contributed by atoms with van der Waals surface area (Å²) in [6.45, 7) is 0.498. The highest BCUT2D eigenvalue weighted by Gasteiger charge is 2.45. The third-order valence-corrected chi connectivity index (χ3v) is 11.2. The van der Waals surface area contributed by atoms with Crippen LogP contribution in [0, 0.1) is 0 Å². The number of hydrogen-bond donors (Lipinski definition) is 2. The molecule has 7 rings (SSSR count). The Balaban J connectivity index is 1.35. The van der Waals surface area contributed by atoms with Crippen molar-refractivity contribution in [3.05, 3.63) is 168 Å². The van der Waals surface area contributed by atoms with Gasteiger partial charge in [-0.15, -0.1) is 0 Å². The minimum absolute atomic E-state index is 0.220. The maximum atomic E-state index is 14.8. The van der Waals surface area contributed by atoms with Crippen LogP contribution in [0.2, 0.25) is 0 Å². The molecule has 1 atom stereocenters. The van der Waals surface area contributed by atoms with E-state index in [1.54, 1.807) is 9.80 Å². The fourth-order valence-electron chi connectivity index (χ4n) is 6.38. The number of benzene rings is 6. The molecule has 0 bridgehead atoms. The molecule has 224 valence electrons. The summed E-state index contributed by atoms with van der Waals surface area (Å²) in [5.74, 6) is -0.801. The molecule has 0 saturated carbocycles. The summed E-state index contributed by atoms with van der Waals surface area (Å²) in [7, 11) is -3.86. The predicted molar refractivity (Wildman–Crippen MR) is 185 cm³/mol. The maximum Gasteiger partial charge on any atom is 0.325 e. The Hall–Kier alpha value is -4.67. The molecule has 2 amide bonds. The second-order valence-electron chi connectivity index (χ2n) is 11.8. The van der Waals surface area contributed by atoms with Gasteiger partial charge in [0, 0.05) is 19.4 Å². The molecule has 45 heavy (non-hydrogen) atoms. The molecular formula is C39H35N2O3P. The largest absolute Gasteiger partial charge is 0.350 e. The standard InChI is InChI=1S/C39H35N2O3P/c42-39-40(27-31-19-21-33-15-7-9-17-35(33)23-31)37(25-29-11-3-1-4-12-29)45(43,44)38(26-30-13-5-2-6-14-30)41(39)28-32-20-22-34-16-8-10-18-36(34)24-32/h1-24,37,43-44H,25-28H2. The van der Waals surface area contributed by atoms with Gasteiger partial charge in [-0.3, -0.25) is 4.90 Å². The van der Waals surface area contributed by atoms with Gasteiger partial charge < -0.3 is 14.7 Å². The van der Waals surface area contributed by atoms with Crippen molar-refractivity contribution in [3.63, 3.8) is 0 Å². The summed E-state index contributed by atoms with van der Waals surface area (Å²) < 4.78 is 0. The second kappa shape index (κ2) is 12.4. The number of amides is 2. The monoisotopic (exact) mass is 610 g/mol. The molecule has 1 unspecified atom stereocenters. The SMILES string of the molecule is O=C1N(Cc2ccc3ccccc3c2)C(Cc2ccccc2)=P(O)(O)C(Cc2ccccc2)N1Cc1ccc2ccccc2c1. The molecule has 0 saturated heterocycles. The van der Waals surface area contributed by atoms with Crippen LogP contribution in [0.15, 0.2) is 146 Å². The van der Waals surface area contributed by atoms with Gasteiger partial charge in [0.1, 0.15) is 5.78 Å². The lowest BCUT2D eigenvalue weighted by Gasteiger charge is -2.46. The molecule has 6 aromatic carbocycles. The first-order chi connectivity index (χ1) is 22.0. The van der Waals surface area contributed by atoms with Crippen molar-refractivity contribution in [1.82, 2.24) is 9.80 Å². The Morgan fingerprint density at radius 3 is 1.60 bits per heavy atom. The number of fused-ring (bicyclic) bond motifs is 2. The third-order valence-electron chi connectivity index (χ3n) is 8.73. The third kappa shape index (κ3) is 6.03. The molecule has 0 spiro atoms. The van der Waals surface area contributed by atoms with Crippen molar-refractivity contribution < 1.29 is 14.6 Å². The van der Waals surface area contributed by atoms with E-state index in [-0.39, 0.29) is 25.5 Å². The van der Waals surface area contributed by atoms with Crippen LogP contribution in [0.25, 0.3) is 21.5 Å². The van der Waals surface area contributed by atoms with Gasteiger partial charge in [-0.05, 0) is 55.9 Å². The van der Waals surface area contributed by atoms with Crippen molar-refractivity contribution in [2.45, 2.75) is 31.7 Å². The van der Waals surface area contributed by atoms with Crippen LogP contribution in [0.3, 0.4) is 0 Å². The first-order valence-electron chi connectivity index (χ1n) is 15.3. The van der Waals surface area contributed by atoms with Gasteiger partial charge in [-0.25, -0.2) is 4.79 Å². The van der Waals surface area contributed by atoms with Gasteiger partial charge in [0.05, 0.1) is 12.0 Å². The number of nitrogens with zero attached hydrogens (tertiary/aromatic N) is 2. The van der Waals surface area contributed by atoms with E-state index in [0.717, 1.165) is 43.8 Å². The van der Waals surface area contributed by atoms with Crippen LogP contribution < -0.4 is 0 Å². The summed E-state index contributed by atoms with van der Waals surface area (Å²) in [5.41, 5.74) is 4.14. The lowest BCUT2D eigenvalue weighted by Crippen LogP contribution is -2.56. The molecule has 1 heterocycles. The fraction of sp³-hybridized carbons (Fsp3) is 0.128. The van der Waals surface area contributed by atoms with Crippen molar-refractivity contribution in [3.8, 4) is 0 Å². The van der Waals surface area contributed by atoms with Crippen LogP contribution >= 0.6 is 7.34 Å². The fourth-order valence-corrected chi connectivity index (χ4v) is 8.68. The summed E-state index contributed by atoms with van der Waals surface area (Å²) in [4.78, 5) is 42.8. The molecule has 6 heteroatoms. The van der Waals surface area contributed by atoms with E-state index in [2.05, 4.69) is 48.5 Å². The highest BCUT2D eigenvalue weighted by molar-refractivity contribution is 7.66. The normalized spacial score (nSPS) is 16.4. The van der Waals surface area contributed by atoms with E-state index in [0.29, 0.717) is 11.8 Å². The molecule has 5 nitrogen and oxygen atoms in total. The molecule has 6 aromatic rings. The van der Waals surface area contributed by atoms with E-state index in [1.807, 2.05) is 97.1 Å². The number of carbonyl (C=O) groups is 1. The van der Waals surface area contributed by atoms with Gasteiger partial charge in [0.15, 0.2) is 7.34 Å². The first kappa shape index (κ1) is 29.1. The Morgan fingerprint density at radius 2 is 1.02 bits per heavy atom. The van der Waals surface area contributed by atoms with Crippen molar-refractivity contribution in [2.24, 2.45) is 0 Å². The zero-order valence-corrected chi connectivity index (χ0v) is 25.8. The van der Waals surface area contributed by atoms with Crippen molar-refractivity contribution in [1.29, 1.82) is 0 Å². The van der Waals surface area contributed by atoms with Gasteiger partial charge in [-0.1, -0.05) is 133 Å². The average molecular weight is 611 g/mol. The van der Waals surface area contributed by atoms with Crippen LogP contribution in [0.5, 0.6) is 0 Å². The minimum atomic E-state index is -3.86. The van der Waals surface area contributed by atoms with Crippen LogP contribution in [-0.2, 0) is 25.9 Å². The Kier molecular flexibility index (Phi) is 7.99. The molecular weight excluding hydrogens is 575 g/mol. The second-order valence-corrected chi connectivity index (χ2v) is 14.2. The molecule has 2 N–H and O–H groups in total. The molecule has 0 fully saturated rings. The summed E-state index contributed by atoms with van der Waals surface area (Å²) in [6.07, 6.45) is 0.610. The van der Waals surface area contributed by atoms with E-state index < -0.39 is 13.1 Å². The Bertz CT molecular complexity index is 2040. The zero-order valence-electron chi connectivity index (χ0n) is 24.9. The highest BCUT2D eigenvalue weighted by atomic mass is 31.2. The quantitative estimate of drug-likeness (QED) is 0.171.